The first-order valence-corrected chi connectivity index (χ1v) is 13.1. The van der Waals surface area contributed by atoms with Crippen molar-refractivity contribution in [1.29, 1.82) is 0 Å². The van der Waals surface area contributed by atoms with E-state index in [-0.39, 0.29) is 11.8 Å². The van der Waals surface area contributed by atoms with E-state index in [0.717, 1.165) is 46.5 Å². The van der Waals surface area contributed by atoms with Crippen molar-refractivity contribution in [2.75, 3.05) is 36.2 Å². The number of hydrogen-bond acceptors (Lipinski definition) is 6. The van der Waals surface area contributed by atoms with E-state index in [4.69, 9.17) is 0 Å². The van der Waals surface area contributed by atoms with Crippen LogP contribution in [-0.2, 0) is 9.59 Å². The summed E-state index contributed by atoms with van der Waals surface area (Å²) in [4.78, 5) is 30.3. The molecular formula is C26H24Br2N6O2. The van der Waals surface area contributed by atoms with Gasteiger partial charge < -0.3 is 9.80 Å². The van der Waals surface area contributed by atoms with Gasteiger partial charge in [0.1, 0.15) is 0 Å². The Hall–Kier alpha value is -3.24. The zero-order chi connectivity index (χ0) is 25.4. The van der Waals surface area contributed by atoms with E-state index in [1.165, 1.54) is 10.0 Å². The number of benzene rings is 2. The molecule has 0 spiro atoms. The van der Waals surface area contributed by atoms with Gasteiger partial charge in [-0.05, 0) is 62.4 Å². The molecule has 0 N–H and O–H groups in total. The summed E-state index contributed by atoms with van der Waals surface area (Å²) in [6.07, 6.45) is 3.82. The van der Waals surface area contributed by atoms with E-state index in [1.807, 2.05) is 74.8 Å². The summed E-state index contributed by atoms with van der Waals surface area (Å²) in [5.41, 5.74) is 4.07. The SMILES string of the molecule is CC1=NN(c2ccc(Br)cc2)C(=O)/C1=C\N1CCN(/C=C2\C(=O)N(c3ccc(Br)cc3)N=C2C)CC1. The molecule has 2 aromatic carbocycles. The Morgan fingerprint density at radius 1 is 0.639 bits per heavy atom. The van der Waals surface area contributed by atoms with Gasteiger partial charge in [0.05, 0.1) is 33.9 Å². The summed E-state index contributed by atoms with van der Waals surface area (Å²) >= 11 is 6.84. The van der Waals surface area contributed by atoms with Gasteiger partial charge in [-0.15, -0.1) is 0 Å². The van der Waals surface area contributed by atoms with Crippen molar-refractivity contribution in [1.82, 2.24) is 9.80 Å². The van der Waals surface area contributed by atoms with Crippen LogP contribution in [0.1, 0.15) is 13.8 Å². The average molecular weight is 612 g/mol. The summed E-state index contributed by atoms with van der Waals surface area (Å²) in [7, 11) is 0. The summed E-state index contributed by atoms with van der Waals surface area (Å²) in [5.74, 6) is -0.258. The van der Waals surface area contributed by atoms with Crippen molar-refractivity contribution in [3.63, 3.8) is 0 Å². The molecule has 0 radical (unpaired) electrons. The number of carbonyl (C=O) groups is 2. The van der Waals surface area contributed by atoms with Gasteiger partial charge in [-0.25, -0.2) is 0 Å². The number of hydrazone groups is 2. The van der Waals surface area contributed by atoms with Crippen LogP contribution < -0.4 is 10.0 Å². The van der Waals surface area contributed by atoms with Crippen molar-refractivity contribution >= 4 is 66.5 Å². The fraction of sp³-hybridized carbons (Fsp3) is 0.231. The Balaban J connectivity index is 1.23. The molecule has 184 valence electrons. The number of piperazine rings is 1. The molecule has 2 aromatic rings. The number of anilines is 2. The van der Waals surface area contributed by atoms with Gasteiger partial charge in [0, 0.05) is 47.5 Å². The molecule has 0 saturated carbocycles. The summed E-state index contributed by atoms with van der Waals surface area (Å²) < 4.78 is 1.90. The molecule has 0 atom stereocenters. The zero-order valence-corrected chi connectivity index (χ0v) is 23.0. The summed E-state index contributed by atoms with van der Waals surface area (Å²) in [6, 6.07) is 15.0. The van der Waals surface area contributed by atoms with E-state index < -0.39 is 0 Å². The molecule has 10 heteroatoms. The van der Waals surface area contributed by atoms with E-state index in [1.54, 1.807) is 0 Å². The van der Waals surface area contributed by atoms with Crippen molar-refractivity contribution < 1.29 is 9.59 Å². The maximum absolute atomic E-state index is 13.0. The Morgan fingerprint density at radius 3 is 1.31 bits per heavy atom. The topological polar surface area (TPSA) is 71.8 Å². The second-order valence-electron chi connectivity index (χ2n) is 8.72. The highest BCUT2D eigenvalue weighted by Gasteiger charge is 2.31. The molecule has 0 aromatic heterocycles. The van der Waals surface area contributed by atoms with Crippen LogP contribution in [-0.4, -0.2) is 59.2 Å². The first-order valence-electron chi connectivity index (χ1n) is 11.5. The molecule has 1 saturated heterocycles. The predicted octanol–water partition coefficient (Wildman–Crippen LogP) is 4.74. The zero-order valence-electron chi connectivity index (χ0n) is 19.9. The van der Waals surface area contributed by atoms with Gasteiger partial charge in [0.25, 0.3) is 11.8 Å². The molecule has 3 aliphatic rings. The molecule has 8 nitrogen and oxygen atoms in total. The smallest absolute Gasteiger partial charge is 0.282 e. The van der Waals surface area contributed by atoms with Gasteiger partial charge in [-0.1, -0.05) is 31.9 Å². The van der Waals surface area contributed by atoms with Gasteiger partial charge in [-0.3, -0.25) is 9.59 Å². The monoisotopic (exact) mass is 610 g/mol. The summed E-state index contributed by atoms with van der Waals surface area (Å²) in [6.45, 7) is 6.63. The summed E-state index contributed by atoms with van der Waals surface area (Å²) in [5, 5.41) is 11.8. The van der Waals surface area contributed by atoms with Crippen LogP contribution in [0.3, 0.4) is 0 Å². The van der Waals surface area contributed by atoms with Crippen LogP contribution in [0.5, 0.6) is 0 Å². The van der Waals surface area contributed by atoms with Crippen LogP contribution in [0.4, 0.5) is 11.4 Å². The lowest BCUT2D eigenvalue weighted by Crippen LogP contribution is -2.42. The highest BCUT2D eigenvalue weighted by atomic mass is 79.9. The van der Waals surface area contributed by atoms with Crippen LogP contribution in [0, 0.1) is 0 Å². The minimum Gasteiger partial charge on any atom is -0.373 e. The minimum absolute atomic E-state index is 0.129. The van der Waals surface area contributed by atoms with Gasteiger partial charge >= 0.3 is 0 Å². The molecule has 3 aliphatic heterocycles. The number of rotatable bonds is 4. The fourth-order valence-electron chi connectivity index (χ4n) is 4.21. The van der Waals surface area contributed by atoms with Crippen LogP contribution in [0.2, 0.25) is 0 Å². The molecule has 0 aliphatic carbocycles. The van der Waals surface area contributed by atoms with E-state index >= 15 is 0 Å². The third-order valence-corrected chi connectivity index (χ3v) is 7.30. The van der Waals surface area contributed by atoms with Crippen LogP contribution in [0.15, 0.2) is 91.2 Å². The standard InChI is InChI=1S/C26H24Br2N6O2/c1-17-23(25(35)33(29-17)21-7-3-19(27)4-8-21)15-31-11-13-32(14-12-31)16-24-18(2)30-34(26(24)36)22-9-5-20(28)6-10-22/h3-10,15-16H,11-14H2,1-2H3/b23-15-,24-16-. The van der Waals surface area contributed by atoms with Crippen LogP contribution in [0.25, 0.3) is 0 Å². The van der Waals surface area contributed by atoms with Crippen LogP contribution >= 0.6 is 31.9 Å². The lowest BCUT2D eigenvalue weighted by Gasteiger charge is -2.34. The third-order valence-electron chi connectivity index (χ3n) is 6.24. The second kappa shape index (κ2) is 10.0. The molecule has 2 amide bonds. The average Bonchev–Trinajstić information content (AvgIpc) is 3.31. The van der Waals surface area contributed by atoms with E-state index in [9.17, 15) is 9.59 Å². The fourth-order valence-corrected chi connectivity index (χ4v) is 4.74. The molecule has 1 fully saturated rings. The molecule has 36 heavy (non-hydrogen) atoms. The highest BCUT2D eigenvalue weighted by Crippen LogP contribution is 2.27. The predicted molar refractivity (Wildman–Crippen MR) is 149 cm³/mol. The number of amides is 2. The van der Waals surface area contributed by atoms with Gasteiger partial charge in [0.15, 0.2) is 0 Å². The molecule has 0 bridgehead atoms. The van der Waals surface area contributed by atoms with Gasteiger partial charge in [0.2, 0.25) is 0 Å². The van der Waals surface area contributed by atoms with Crippen molar-refractivity contribution in [3.05, 3.63) is 81.0 Å². The third kappa shape index (κ3) is 4.87. The Bertz CT molecular complexity index is 1220. The van der Waals surface area contributed by atoms with Crippen molar-refractivity contribution in [3.8, 4) is 0 Å². The molecule has 0 unspecified atom stereocenters. The minimum atomic E-state index is -0.129. The Morgan fingerprint density at radius 2 is 0.972 bits per heavy atom. The van der Waals surface area contributed by atoms with E-state index in [0.29, 0.717) is 22.6 Å². The van der Waals surface area contributed by atoms with E-state index in [2.05, 4.69) is 51.9 Å². The Labute approximate surface area is 226 Å². The van der Waals surface area contributed by atoms with Gasteiger partial charge in [-0.2, -0.15) is 20.2 Å². The van der Waals surface area contributed by atoms with Crippen molar-refractivity contribution in [2.24, 2.45) is 10.2 Å². The largest absolute Gasteiger partial charge is 0.373 e. The lowest BCUT2D eigenvalue weighted by atomic mass is 10.1. The first kappa shape index (κ1) is 24.5. The number of carbonyl (C=O) groups excluding carboxylic acids is 2. The number of hydrogen-bond donors (Lipinski definition) is 0. The first-order chi connectivity index (χ1) is 17.3. The number of halogens is 2. The number of nitrogens with zero attached hydrogens (tertiary/aromatic N) is 6. The Kier molecular flexibility index (Phi) is 6.81. The quantitative estimate of drug-likeness (QED) is 0.468. The second-order valence-corrected chi connectivity index (χ2v) is 10.5. The maximum Gasteiger partial charge on any atom is 0.282 e. The molecular weight excluding hydrogens is 588 g/mol. The lowest BCUT2D eigenvalue weighted by molar-refractivity contribution is -0.115. The molecule has 3 heterocycles. The molecule has 5 rings (SSSR count). The van der Waals surface area contributed by atoms with Crippen molar-refractivity contribution in [2.45, 2.75) is 13.8 Å². The highest BCUT2D eigenvalue weighted by molar-refractivity contribution is 9.10. The maximum atomic E-state index is 13.0. The normalized spacial score (nSPS) is 20.7.